The summed E-state index contributed by atoms with van der Waals surface area (Å²) >= 11 is 1.67. The highest BCUT2D eigenvalue weighted by Gasteiger charge is 2.13. The standard InChI is InChI=1S/C14H19N3S/c1-5-15-11(4)13-16-17-14(18-13)12-7-6-9(2)8-10(12)3/h6-8,11,15H,5H2,1-4H3. The van der Waals surface area contributed by atoms with Crippen LogP contribution in [0.3, 0.4) is 0 Å². The first-order valence-electron chi connectivity index (χ1n) is 6.26. The molecular weight excluding hydrogens is 242 g/mol. The molecule has 0 aliphatic rings. The number of hydrogen-bond donors (Lipinski definition) is 1. The molecule has 1 N–H and O–H groups in total. The summed E-state index contributed by atoms with van der Waals surface area (Å²) in [6, 6.07) is 6.71. The highest BCUT2D eigenvalue weighted by atomic mass is 32.1. The molecule has 96 valence electrons. The Morgan fingerprint density at radius 1 is 1.28 bits per heavy atom. The average Bonchev–Trinajstić information content (AvgIpc) is 2.78. The molecule has 1 heterocycles. The van der Waals surface area contributed by atoms with Gasteiger partial charge in [0.2, 0.25) is 0 Å². The van der Waals surface area contributed by atoms with Crippen molar-refractivity contribution in [1.82, 2.24) is 15.5 Å². The molecule has 0 aliphatic heterocycles. The second-order valence-electron chi connectivity index (χ2n) is 4.54. The van der Waals surface area contributed by atoms with Gasteiger partial charge in [-0.1, -0.05) is 42.0 Å². The quantitative estimate of drug-likeness (QED) is 0.915. The van der Waals surface area contributed by atoms with E-state index < -0.39 is 0 Å². The predicted molar refractivity (Wildman–Crippen MR) is 76.9 cm³/mol. The number of aromatic nitrogens is 2. The fourth-order valence-electron chi connectivity index (χ4n) is 1.97. The van der Waals surface area contributed by atoms with Gasteiger partial charge in [-0.2, -0.15) is 0 Å². The Kier molecular flexibility index (Phi) is 4.09. The van der Waals surface area contributed by atoms with Gasteiger partial charge < -0.3 is 5.32 Å². The first-order chi connectivity index (χ1) is 8.61. The third-order valence-electron chi connectivity index (χ3n) is 2.93. The zero-order valence-electron chi connectivity index (χ0n) is 11.3. The van der Waals surface area contributed by atoms with Gasteiger partial charge in [0.25, 0.3) is 0 Å². The van der Waals surface area contributed by atoms with Crippen LogP contribution in [0.5, 0.6) is 0 Å². The Bertz CT molecular complexity index is 534. The van der Waals surface area contributed by atoms with Crippen molar-refractivity contribution in [2.45, 2.75) is 33.7 Å². The summed E-state index contributed by atoms with van der Waals surface area (Å²) in [6.07, 6.45) is 0. The lowest BCUT2D eigenvalue weighted by Crippen LogP contribution is -2.17. The van der Waals surface area contributed by atoms with Gasteiger partial charge >= 0.3 is 0 Å². The Labute approximate surface area is 112 Å². The van der Waals surface area contributed by atoms with E-state index in [1.807, 2.05) is 0 Å². The van der Waals surface area contributed by atoms with Gasteiger partial charge in [-0.3, -0.25) is 0 Å². The van der Waals surface area contributed by atoms with Crippen molar-refractivity contribution in [3.63, 3.8) is 0 Å². The minimum Gasteiger partial charge on any atom is -0.308 e. The van der Waals surface area contributed by atoms with Crippen LogP contribution in [0.1, 0.15) is 36.0 Å². The van der Waals surface area contributed by atoms with E-state index in [-0.39, 0.29) is 6.04 Å². The van der Waals surface area contributed by atoms with Gasteiger partial charge in [-0.05, 0) is 32.9 Å². The van der Waals surface area contributed by atoms with Crippen LogP contribution in [0.15, 0.2) is 18.2 Å². The smallest absolute Gasteiger partial charge is 0.148 e. The molecule has 18 heavy (non-hydrogen) atoms. The number of benzene rings is 1. The lowest BCUT2D eigenvalue weighted by molar-refractivity contribution is 0.590. The van der Waals surface area contributed by atoms with Gasteiger partial charge in [-0.25, -0.2) is 0 Å². The van der Waals surface area contributed by atoms with E-state index in [2.05, 4.69) is 61.4 Å². The van der Waals surface area contributed by atoms with E-state index in [1.165, 1.54) is 16.7 Å². The maximum atomic E-state index is 4.31. The maximum absolute atomic E-state index is 4.31. The molecule has 0 bridgehead atoms. The van der Waals surface area contributed by atoms with E-state index in [0.29, 0.717) is 0 Å². The van der Waals surface area contributed by atoms with Crippen molar-refractivity contribution in [1.29, 1.82) is 0 Å². The van der Waals surface area contributed by atoms with Crippen LogP contribution in [0, 0.1) is 13.8 Å². The Morgan fingerprint density at radius 2 is 2.06 bits per heavy atom. The van der Waals surface area contributed by atoms with Crippen LogP contribution in [0.4, 0.5) is 0 Å². The molecule has 0 radical (unpaired) electrons. The van der Waals surface area contributed by atoms with E-state index in [9.17, 15) is 0 Å². The van der Waals surface area contributed by atoms with Gasteiger partial charge in [0.05, 0.1) is 6.04 Å². The molecule has 0 amide bonds. The number of nitrogens with one attached hydrogen (secondary N) is 1. The number of aryl methyl sites for hydroxylation is 2. The van der Waals surface area contributed by atoms with Crippen LogP contribution in [-0.2, 0) is 0 Å². The second-order valence-corrected chi connectivity index (χ2v) is 5.55. The SMILES string of the molecule is CCNC(C)c1nnc(-c2ccc(C)cc2C)s1. The van der Waals surface area contributed by atoms with E-state index in [0.717, 1.165) is 16.6 Å². The molecule has 1 unspecified atom stereocenters. The van der Waals surface area contributed by atoms with Crippen LogP contribution >= 0.6 is 11.3 Å². The van der Waals surface area contributed by atoms with E-state index in [1.54, 1.807) is 11.3 Å². The van der Waals surface area contributed by atoms with E-state index >= 15 is 0 Å². The summed E-state index contributed by atoms with van der Waals surface area (Å²) in [4.78, 5) is 0. The summed E-state index contributed by atoms with van der Waals surface area (Å²) in [5.41, 5.74) is 3.73. The van der Waals surface area contributed by atoms with Crippen LogP contribution in [0.25, 0.3) is 10.6 Å². The normalized spacial score (nSPS) is 12.7. The lowest BCUT2D eigenvalue weighted by Gasteiger charge is -2.06. The number of hydrogen-bond acceptors (Lipinski definition) is 4. The van der Waals surface area contributed by atoms with Crippen molar-refractivity contribution < 1.29 is 0 Å². The van der Waals surface area contributed by atoms with Crippen LogP contribution in [0.2, 0.25) is 0 Å². The molecule has 2 aromatic rings. The first-order valence-corrected chi connectivity index (χ1v) is 7.08. The van der Waals surface area contributed by atoms with Gasteiger partial charge in [0.1, 0.15) is 10.0 Å². The molecule has 4 heteroatoms. The third-order valence-corrected chi connectivity index (χ3v) is 4.07. The first kappa shape index (κ1) is 13.2. The van der Waals surface area contributed by atoms with E-state index in [4.69, 9.17) is 0 Å². The monoisotopic (exact) mass is 261 g/mol. The molecule has 2 rings (SSSR count). The summed E-state index contributed by atoms with van der Waals surface area (Å²) in [5, 5.41) is 14.0. The van der Waals surface area contributed by atoms with Crippen molar-refractivity contribution in [2.75, 3.05) is 6.54 Å². The topological polar surface area (TPSA) is 37.8 Å². The number of rotatable bonds is 4. The highest BCUT2D eigenvalue weighted by Crippen LogP contribution is 2.29. The highest BCUT2D eigenvalue weighted by molar-refractivity contribution is 7.14. The van der Waals surface area contributed by atoms with Crippen molar-refractivity contribution in [3.05, 3.63) is 34.3 Å². The summed E-state index contributed by atoms with van der Waals surface area (Å²) in [6.45, 7) is 9.39. The molecule has 1 atom stereocenters. The Hall–Kier alpha value is -1.26. The molecule has 1 aromatic heterocycles. The van der Waals surface area contributed by atoms with Gasteiger partial charge in [0.15, 0.2) is 0 Å². The van der Waals surface area contributed by atoms with Gasteiger partial charge in [0, 0.05) is 5.56 Å². The van der Waals surface area contributed by atoms with Crippen molar-refractivity contribution >= 4 is 11.3 Å². The zero-order chi connectivity index (χ0) is 13.1. The van der Waals surface area contributed by atoms with Crippen molar-refractivity contribution in [3.8, 4) is 10.6 Å². The van der Waals surface area contributed by atoms with Crippen LogP contribution < -0.4 is 5.32 Å². The zero-order valence-corrected chi connectivity index (χ0v) is 12.1. The lowest BCUT2D eigenvalue weighted by atomic mass is 10.1. The largest absolute Gasteiger partial charge is 0.308 e. The second kappa shape index (κ2) is 5.59. The molecule has 0 spiro atoms. The summed E-state index contributed by atoms with van der Waals surface area (Å²) < 4.78 is 0. The molecule has 0 fully saturated rings. The predicted octanol–water partition coefficient (Wildman–Crippen LogP) is 3.49. The Balaban J connectivity index is 2.29. The fraction of sp³-hybridized carbons (Fsp3) is 0.429. The van der Waals surface area contributed by atoms with Crippen molar-refractivity contribution in [2.24, 2.45) is 0 Å². The maximum Gasteiger partial charge on any atom is 0.148 e. The average molecular weight is 261 g/mol. The fourth-order valence-corrected chi connectivity index (χ4v) is 2.93. The molecule has 3 nitrogen and oxygen atoms in total. The minimum absolute atomic E-state index is 0.270. The van der Waals surface area contributed by atoms with Gasteiger partial charge in [-0.15, -0.1) is 10.2 Å². The minimum atomic E-state index is 0.270. The summed E-state index contributed by atoms with van der Waals surface area (Å²) in [7, 11) is 0. The van der Waals surface area contributed by atoms with Crippen LogP contribution in [-0.4, -0.2) is 16.7 Å². The molecule has 1 aromatic carbocycles. The molecular formula is C14H19N3S. The Morgan fingerprint density at radius 3 is 2.72 bits per heavy atom. The molecule has 0 saturated carbocycles. The molecule has 0 saturated heterocycles. The molecule has 0 aliphatic carbocycles. The number of nitrogens with zero attached hydrogens (tertiary/aromatic N) is 2. The summed E-state index contributed by atoms with van der Waals surface area (Å²) in [5.74, 6) is 0. The third kappa shape index (κ3) is 2.76.